The van der Waals surface area contributed by atoms with Crippen molar-refractivity contribution in [2.45, 2.75) is 32.1 Å². The Hall–Kier alpha value is -4.05. The Morgan fingerprint density at radius 2 is 1.26 bits per heavy atom. The van der Waals surface area contributed by atoms with Crippen molar-refractivity contribution in [2.24, 2.45) is 0 Å². The lowest BCUT2D eigenvalue weighted by atomic mass is 9.83. The third-order valence-electron chi connectivity index (χ3n) is 6.52. The van der Waals surface area contributed by atoms with E-state index in [2.05, 4.69) is 145 Å². The maximum Gasteiger partial charge on any atom is 0.166 e. The molecule has 1 aromatic heterocycles. The van der Waals surface area contributed by atoms with E-state index in [1.165, 1.54) is 27.8 Å². The summed E-state index contributed by atoms with van der Waals surface area (Å²) in [6.07, 6.45) is 0. The SMILES string of the molecule is Cc1ccc(C(C)(C)c2nnnn2-c2cccc(C(c3ccccc3)c3ccccc3)c2)cc1. The molecule has 4 aromatic carbocycles. The molecule has 0 aliphatic carbocycles. The highest BCUT2D eigenvalue weighted by molar-refractivity contribution is 5.47. The van der Waals surface area contributed by atoms with E-state index in [0.717, 1.165) is 11.5 Å². The van der Waals surface area contributed by atoms with E-state index >= 15 is 0 Å². The highest BCUT2D eigenvalue weighted by Crippen LogP contribution is 2.34. The van der Waals surface area contributed by atoms with Gasteiger partial charge in [0.15, 0.2) is 5.82 Å². The molecule has 4 heteroatoms. The van der Waals surface area contributed by atoms with Crippen molar-refractivity contribution in [3.8, 4) is 5.69 Å². The first-order chi connectivity index (χ1) is 16.5. The monoisotopic (exact) mass is 444 g/mol. The summed E-state index contributed by atoms with van der Waals surface area (Å²) >= 11 is 0. The molecule has 0 radical (unpaired) electrons. The second kappa shape index (κ2) is 9.06. The van der Waals surface area contributed by atoms with E-state index in [1.807, 2.05) is 4.68 Å². The molecule has 0 amide bonds. The molecular weight excluding hydrogens is 416 g/mol. The number of rotatable bonds is 6. The molecule has 0 fully saturated rings. The second-order valence-corrected chi connectivity index (χ2v) is 9.25. The van der Waals surface area contributed by atoms with Crippen molar-refractivity contribution in [1.82, 2.24) is 20.2 Å². The van der Waals surface area contributed by atoms with E-state index in [1.54, 1.807) is 0 Å². The number of aromatic nitrogens is 4. The van der Waals surface area contributed by atoms with Crippen molar-refractivity contribution in [2.75, 3.05) is 0 Å². The summed E-state index contributed by atoms with van der Waals surface area (Å²) in [5.41, 5.74) is 6.71. The van der Waals surface area contributed by atoms with Crippen LogP contribution in [0.2, 0.25) is 0 Å². The lowest BCUT2D eigenvalue weighted by Gasteiger charge is -2.25. The predicted molar refractivity (Wildman–Crippen MR) is 136 cm³/mol. The summed E-state index contributed by atoms with van der Waals surface area (Å²) in [4.78, 5) is 0. The zero-order valence-corrected chi connectivity index (χ0v) is 19.8. The number of tetrazole rings is 1. The highest BCUT2D eigenvalue weighted by atomic mass is 15.5. The summed E-state index contributed by atoms with van der Waals surface area (Å²) in [7, 11) is 0. The van der Waals surface area contributed by atoms with Crippen LogP contribution in [-0.4, -0.2) is 20.2 Å². The van der Waals surface area contributed by atoms with Gasteiger partial charge in [-0.15, -0.1) is 5.10 Å². The maximum absolute atomic E-state index is 4.46. The molecule has 0 aliphatic heterocycles. The van der Waals surface area contributed by atoms with Crippen LogP contribution < -0.4 is 0 Å². The third kappa shape index (κ3) is 4.15. The quantitative estimate of drug-likeness (QED) is 0.282. The van der Waals surface area contributed by atoms with Crippen LogP contribution in [0.15, 0.2) is 109 Å². The topological polar surface area (TPSA) is 43.6 Å². The van der Waals surface area contributed by atoms with Crippen LogP contribution in [0.4, 0.5) is 0 Å². The lowest BCUT2D eigenvalue weighted by molar-refractivity contribution is 0.566. The minimum absolute atomic E-state index is 0.118. The van der Waals surface area contributed by atoms with Gasteiger partial charge in [-0.2, -0.15) is 4.68 Å². The second-order valence-electron chi connectivity index (χ2n) is 9.25. The Balaban J connectivity index is 1.59. The molecule has 5 rings (SSSR count). The van der Waals surface area contributed by atoms with Gasteiger partial charge >= 0.3 is 0 Å². The largest absolute Gasteiger partial charge is 0.196 e. The molecule has 0 saturated carbocycles. The molecule has 34 heavy (non-hydrogen) atoms. The van der Waals surface area contributed by atoms with Gasteiger partial charge < -0.3 is 0 Å². The van der Waals surface area contributed by atoms with E-state index in [9.17, 15) is 0 Å². The minimum atomic E-state index is -0.356. The lowest BCUT2D eigenvalue weighted by Crippen LogP contribution is -2.24. The number of nitrogens with zero attached hydrogens (tertiary/aromatic N) is 4. The molecule has 0 bridgehead atoms. The smallest absolute Gasteiger partial charge is 0.166 e. The van der Waals surface area contributed by atoms with Gasteiger partial charge in [0.25, 0.3) is 0 Å². The third-order valence-corrected chi connectivity index (χ3v) is 6.52. The van der Waals surface area contributed by atoms with Gasteiger partial charge in [0.05, 0.1) is 11.1 Å². The van der Waals surface area contributed by atoms with Gasteiger partial charge in [0, 0.05) is 5.92 Å². The van der Waals surface area contributed by atoms with Crippen LogP contribution in [0, 0.1) is 6.92 Å². The number of benzene rings is 4. The van der Waals surface area contributed by atoms with Crippen molar-refractivity contribution in [3.05, 3.63) is 143 Å². The van der Waals surface area contributed by atoms with Gasteiger partial charge in [-0.1, -0.05) is 103 Å². The van der Waals surface area contributed by atoms with Crippen LogP contribution >= 0.6 is 0 Å². The summed E-state index contributed by atoms with van der Waals surface area (Å²) in [6.45, 7) is 6.43. The summed E-state index contributed by atoms with van der Waals surface area (Å²) < 4.78 is 1.87. The van der Waals surface area contributed by atoms with E-state index in [4.69, 9.17) is 0 Å². The molecule has 0 atom stereocenters. The van der Waals surface area contributed by atoms with Crippen LogP contribution in [0.3, 0.4) is 0 Å². The van der Waals surface area contributed by atoms with Crippen LogP contribution in [0.5, 0.6) is 0 Å². The molecule has 0 spiro atoms. The maximum atomic E-state index is 4.46. The molecule has 5 aromatic rings. The Morgan fingerprint density at radius 1 is 0.676 bits per heavy atom. The van der Waals surface area contributed by atoms with Gasteiger partial charge in [0.1, 0.15) is 0 Å². The molecule has 4 nitrogen and oxygen atoms in total. The highest BCUT2D eigenvalue weighted by Gasteiger charge is 2.30. The standard InChI is InChI=1S/C30H28N4/c1-22-17-19-26(20-18-22)30(2,3)29-31-32-33-34(29)27-16-10-15-25(21-27)28(23-11-6-4-7-12-23)24-13-8-5-9-14-24/h4-21,28H,1-3H3. The zero-order valence-electron chi connectivity index (χ0n) is 19.8. The fourth-order valence-corrected chi connectivity index (χ4v) is 4.55. The van der Waals surface area contributed by atoms with Crippen molar-refractivity contribution in [1.29, 1.82) is 0 Å². The van der Waals surface area contributed by atoms with E-state index < -0.39 is 0 Å². The van der Waals surface area contributed by atoms with Crippen LogP contribution in [0.25, 0.3) is 5.69 Å². The van der Waals surface area contributed by atoms with Gasteiger partial charge in [0.2, 0.25) is 0 Å². The van der Waals surface area contributed by atoms with E-state index in [0.29, 0.717) is 0 Å². The summed E-state index contributed by atoms with van der Waals surface area (Å²) in [6, 6.07) is 38.4. The first-order valence-electron chi connectivity index (χ1n) is 11.6. The Labute approximate surface area is 200 Å². The molecule has 1 heterocycles. The summed E-state index contributed by atoms with van der Waals surface area (Å²) in [5.74, 6) is 0.928. The minimum Gasteiger partial charge on any atom is -0.196 e. The van der Waals surface area contributed by atoms with Gasteiger partial charge in [-0.25, -0.2) is 0 Å². The average molecular weight is 445 g/mol. The normalized spacial score (nSPS) is 11.6. The number of aryl methyl sites for hydroxylation is 1. The van der Waals surface area contributed by atoms with Crippen molar-refractivity contribution >= 4 is 0 Å². The first-order valence-corrected chi connectivity index (χ1v) is 11.6. The molecule has 0 unspecified atom stereocenters. The van der Waals surface area contributed by atoms with Gasteiger partial charge in [-0.05, 0) is 65.6 Å². The fraction of sp³-hybridized carbons (Fsp3) is 0.167. The Bertz CT molecular complexity index is 1330. The van der Waals surface area contributed by atoms with Crippen molar-refractivity contribution in [3.63, 3.8) is 0 Å². The van der Waals surface area contributed by atoms with Crippen molar-refractivity contribution < 1.29 is 0 Å². The van der Waals surface area contributed by atoms with Crippen LogP contribution in [-0.2, 0) is 5.41 Å². The van der Waals surface area contributed by atoms with Crippen LogP contribution in [0.1, 0.15) is 53.4 Å². The summed E-state index contributed by atoms with van der Waals surface area (Å²) in [5, 5.41) is 12.9. The Kier molecular flexibility index (Phi) is 5.81. The number of hydrogen-bond acceptors (Lipinski definition) is 3. The Morgan fingerprint density at radius 3 is 1.88 bits per heavy atom. The molecule has 0 saturated heterocycles. The molecule has 168 valence electrons. The van der Waals surface area contributed by atoms with Gasteiger partial charge in [-0.3, -0.25) is 0 Å². The van der Waals surface area contributed by atoms with E-state index in [-0.39, 0.29) is 11.3 Å². The molecular formula is C30H28N4. The fourth-order valence-electron chi connectivity index (χ4n) is 4.55. The number of hydrogen-bond donors (Lipinski definition) is 0. The average Bonchev–Trinajstić information content (AvgIpc) is 3.37. The molecule has 0 aliphatic rings. The zero-order chi connectivity index (χ0) is 23.5. The first kappa shape index (κ1) is 21.8. The predicted octanol–water partition coefficient (Wildman–Crippen LogP) is 6.48. The molecule has 0 N–H and O–H groups in total.